The number of hydrogen-bond acceptors (Lipinski definition) is 7. The Morgan fingerprint density at radius 1 is 1.39 bits per heavy atom. The highest BCUT2D eigenvalue weighted by molar-refractivity contribution is 5.32. The van der Waals surface area contributed by atoms with Crippen LogP contribution in [0, 0.1) is 5.92 Å². The topological polar surface area (TPSA) is 106 Å². The Bertz CT molecular complexity index is 361. The minimum Gasteiger partial charge on any atom is -0.463 e. The van der Waals surface area contributed by atoms with Gasteiger partial charge < -0.3 is 20.9 Å². The molecule has 0 amide bonds. The van der Waals surface area contributed by atoms with E-state index in [1.54, 1.807) is 0 Å². The molecule has 0 aliphatic heterocycles. The zero-order valence-corrected chi connectivity index (χ0v) is 10.9. The SMILES string of the molecule is CCCOc1nc(N)nc(NCC(C)CCO)n1. The highest BCUT2D eigenvalue weighted by Crippen LogP contribution is 2.10. The van der Waals surface area contributed by atoms with E-state index in [9.17, 15) is 0 Å². The van der Waals surface area contributed by atoms with Crippen molar-refractivity contribution in [3.8, 4) is 6.01 Å². The number of aromatic nitrogens is 3. The lowest BCUT2D eigenvalue weighted by atomic mass is 10.1. The number of rotatable bonds is 8. The lowest BCUT2D eigenvalue weighted by molar-refractivity contribution is 0.265. The average molecular weight is 255 g/mol. The summed E-state index contributed by atoms with van der Waals surface area (Å²) in [5, 5.41) is 11.9. The smallest absolute Gasteiger partial charge is 0.323 e. The Hall–Kier alpha value is -1.63. The molecule has 1 rings (SSSR count). The van der Waals surface area contributed by atoms with Crippen molar-refractivity contribution in [1.29, 1.82) is 0 Å². The fraction of sp³-hybridized carbons (Fsp3) is 0.727. The van der Waals surface area contributed by atoms with Crippen LogP contribution in [0.15, 0.2) is 0 Å². The number of hydrogen-bond donors (Lipinski definition) is 3. The molecule has 102 valence electrons. The molecular formula is C11H21N5O2. The number of nitrogens with zero attached hydrogens (tertiary/aromatic N) is 3. The second-order valence-corrected chi connectivity index (χ2v) is 4.15. The van der Waals surface area contributed by atoms with Crippen LogP contribution in [0.2, 0.25) is 0 Å². The summed E-state index contributed by atoms with van der Waals surface area (Å²) in [6.45, 7) is 5.41. The number of anilines is 2. The van der Waals surface area contributed by atoms with Crippen molar-refractivity contribution in [1.82, 2.24) is 15.0 Å². The molecule has 0 fully saturated rings. The number of nitrogens with two attached hydrogens (primary N) is 1. The standard InChI is InChI=1S/C11H21N5O2/c1-3-6-18-11-15-9(12)14-10(16-11)13-7-8(2)4-5-17/h8,17H,3-7H2,1-2H3,(H3,12,13,14,15,16). The van der Waals surface area contributed by atoms with E-state index in [0.717, 1.165) is 12.8 Å². The minimum absolute atomic E-state index is 0.133. The molecule has 0 aromatic carbocycles. The van der Waals surface area contributed by atoms with Gasteiger partial charge in [-0.2, -0.15) is 15.0 Å². The van der Waals surface area contributed by atoms with Crippen LogP contribution in [0.3, 0.4) is 0 Å². The molecule has 0 radical (unpaired) electrons. The first-order valence-electron chi connectivity index (χ1n) is 6.14. The lowest BCUT2D eigenvalue weighted by Gasteiger charge is -2.11. The van der Waals surface area contributed by atoms with E-state index in [1.807, 2.05) is 13.8 Å². The van der Waals surface area contributed by atoms with Crippen LogP contribution >= 0.6 is 0 Å². The fourth-order valence-corrected chi connectivity index (χ4v) is 1.30. The van der Waals surface area contributed by atoms with E-state index in [1.165, 1.54) is 0 Å². The Kier molecular flexibility index (Phi) is 6.13. The van der Waals surface area contributed by atoms with Gasteiger partial charge in [-0.15, -0.1) is 0 Å². The molecular weight excluding hydrogens is 234 g/mol. The van der Waals surface area contributed by atoms with Crippen LogP contribution in [0.1, 0.15) is 26.7 Å². The highest BCUT2D eigenvalue weighted by atomic mass is 16.5. The molecule has 1 aromatic heterocycles. The maximum Gasteiger partial charge on any atom is 0.323 e. The van der Waals surface area contributed by atoms with E-state index >= 15 is 0 Å². The number of nitrogens with one attached hydrogen (secondary N) is 1. The monoisotopic (exact) mass is 255 g/mol. The lowest BCUT2D eigenvalue weighted by Crippen LogP contribution is -2.16. The van der Waals surface area contributed by atoms with Crippen molar-refractivity contribution in [2.45, 2.75) is 26.7 Å². The van der Waals surface area contributed by atoms with Gasteiger partial charge in [0.15, 0.2) is 0 Å². The molecule has 4 N–H and O–H groups in total. The second-order valence-electron chi connectivity index (χ2n) is 4.15. The van der Waals surface area contributed by atoms with E-state index in [0.29, 0.717) is 25.0 Å². The van der Waals surface area contributed by atoms with Gasteiger partial charge in [-0.05, 0) is 18.8 Å². The largest absolute Gasteiger partial charge is 0.463 e. The third-order valence-electron chi connectivity index (χ3n) is 2.30. The highest BCUT2D eigenvalue weighted by Gasteiger charge is 2.07. The molecule has 1 aromatic rings. The summed E-state index contributed by atoms with van der Waals surface area (Å²) in [4.78, 5) is 12.0. The summed E-state index contributed by atoms with van der Waals surface area (Å²) >= 11 is 0. The van der Waals surface area contributed by atoms with Crippen LogP contribution in [0.25, 0.3) is 0 Å². The summed E-state index contributed by atoms with van der Waals surface area (Å²) in [6, 6.07) is 0.238. The van der Waals surface area contributed by atoms with E-state index < -0.39 is 0 Å². The molecule has 0 saturated heterocycles. The van der Waals surface area contributed by atoms with E-state index in [-0.39, 0.29) is 18.6 Å². The van der Waals surface area contributed by atoms with Gasteiger partial charge in [0, 0.05) is 13.2 Å². The summed E-state index contributed by atoms with van der Waals surface area (Å²) in [5.74, 6) is 0.861. The van der Waals surface area contributed by atoms with Gasteiger partial charge >= 0.3 is 6.01 Å². The molecule has 0 aliphatic rings. The molecule has 7 nitrogen and oxygen atoms in total. The Labute approximate surface area is 107 Å². The van der Waals surface area contributed by atoms with Crippen molar-refractivity contribution in [3.63, 3.8) is 0 Å². The quantitative estimate of drug-likeness (QED) is 0.627. The maximum absolute atomic E-state index is 8.81. The second kappa shape index (κ2) is 7.65. The van der Waals surface area contributed by atoms with E-state index in [2.05, 4.69) is 20.3 Å². The van der Waals surface area contributed by atoms with Gasteiger partial charge in [0.05, 0.1) is 6.61 Å². The Morgan fingerprint density at radius 2 is 2.17 bits per heavy atom. The zero-order valence-electron chi connectivity index (χ0n) is 10.9. The first-order valence-corrected chi connectivity index (χ1v) is 6.14. The molecule has 7 heteroatoms. The molecule has 0 spiro atoms. The molecule has 18 heavy (non-hydrogen) atoms. The van der Waals surface area contributed by atoms with Gasteiger partial charge in [-0.25, -0.2) is 0 Å². The van der Waals surface area contributed by atoms with Crippen LogP contribution in [-0.2, 0) is 0 Å². The van der Waals surface area contributed by atoms with Gasteiger partial charge in [0.25, 0.3) is 0 Å². The third kappa shape index (κ3) is 5.13. The van der Waals surface area contributed by atoms with Crippen molar-refractivity contribution < 1.29 is 9.84 Å². The summed E-state index contributed by atoms with van der Waals surface area (Å²) < 4.78 is 5.31. The van der Waals surface area contributed by atoms with Crippen molar-refractivity contribution in [2.75, 3.05) is 30.8 Å². The normalized spacial score (nSPS) is 12.2. The Morgan fingerprint density at radius 3 is 2.83 bits per heavy atom. The summed E-state index contributed by atoms with van der Waals surface area (Å²) in [6.07, 6.45) is 1.61. The van der Waals surface area contributed by atoms with Crippen LogP contribution in [0.4, 0.5) is 11.9 Å². The van der Waals surface area contributed by atoms with Gasteiger partial charge in [0.2, 0.25) is 11.9 Å². The number of nitrogen functional groups attached to an aromatic ring is 1. The molecule has 0 bridgehead atoms. The molecule has 1 heterocycles. The predicted molar refractivity (Wildman–Crippen MR) is 69.4 cm³/mol. The van der Waals surface area contributed by atoms with E-state index in [4.69, 9.17) is 15.6 Å². The Balaban J connectivity index is 2.56. The average Bonchev–Trinajstić information content (AvgIpc) is 2.34. The van der Waals surface area contributed by atoms with Gasteiger partial charge in [-0.1, -0.05) is 13.8 Å². The van der Waals surface area contributed by atoms with Crippen molar-refractivity contribution in [2.24, 2.45) is 5.92 Å². The van der Waals surface area contributed by atoms with Gasteiger partial charge in [-0.3, -0.25) is 0 Å². The number of ether oxygens (including phenoxy) is 1. The van der Waals surface area contributed by atoms with Crippen LogP contribution in [0.5, 0.6) is 6.01 Å². The maximum atomic E-state index is 8.81. The van der Waals surface area contributed by atoms with Crippen molar-refractivity contribution >= 4 is 11.9 Å². The minimum atomic E-state index is 0.133. The summed E-state index contributed by atoms with van der Waals surface area (Å²) in [7, 11) is 0. The van der Waals surface area contributed by atoms with Crippen LogP contribution < -0.4 is 15.8 Å². The third-order valence-corrected chi connectivity index (χ3v) is 2.30. The first-order chi connectivity index (χ1) is 8.65. The molecule has 0 saturated carbocycles. The molecule has 1 unspecified atom stereocenters. The van der Waals surface area contributed by atoms with Crippen LogP contribution in [-0.4, -0.2) is 39.8 Å². The fourth-order valence-electron chi connectivity index (χ4n) is 1.30. The number of aliphatic hydroxyl groups excluding tert-OH is 1. The predicted octanol–water partition coefficient (Wildman–Crippen LogP) is 0.673. The molecule has 1 atom stereocenters. The molecule has 0 aliphatic carbocycles. The zero-order chi connectivity index (χ0) is 13.4. The van der Waals surface area contributed by atoms with Crippen molar-refractivity contribution in [3.05, 3.63) is 0 Å². The van der Waals surface area contributed by atoms with Gasteiger partial charge in [0.1, 0.15) is 0 Å². The summed E-state index contributed by atoms with van der Waals surface area (Å²) in [5.41, 5.74) is 5.57. The first kappa shape index (κ1) is 14.4. The number of aliphatic hydroxyl groups is 1.